The fourth-order valence-electron chi connectivity index (χ4n) is 2.09. The van der Waals surface area contributed by atoms with Crippen molar-refractivity contribution < 1.29 is 67.2 Å². The zero-order valence-corrected chi connectivity index (χ0v) is 14.3. The molecule has 0 N–H and O–H groups in total. The van der Waals surface area contributed by atoms with Crippen molar-refractivity contribution >= 4 is 0 Å². The number of hydrogen-bond donors (Lipinski definition) is 0. The van der Waals surface area contributed by atoms with Crippen LogP contribution in [0.3, 0.4) is 0 Å². The van der Waals surface area contributed by atoms with Crippen LogP contribution < -0.4 is 0 Å². The molecule has 2 fully saturated rings. The van der Waals surface area contributed by atoms with Gasteiger partial charge in [0.25, 0.3) is 0 Å². The number of hydrogen-bond acceptors (Lipinski definition) is 4. The Kier molecular flexibility index (Phi) is 6.68. The molecule has 0 aromatic carbocycles. The maximum Gasteiger partial charge on any atom is 0.460 e. The molecule has 4 nitrogen and oxygen atoms in total. The maximum atomic E-state index is 13.9. The summed E-state index contributed by atoms with van der Waals surface area (Å²) in [6, 6.07) is 0. The minimum absolute atomic E-state index is 0.145. The highest BCUT2D eigenvalue weighted by molar-refractivity contribution is 5.06. The van der Waals surface area contributed by atoms with Crippen LogP contribution in [0.5, 0.6) is 0 Å². The van der Waals surface area contributed by atoms with Crippen molar-refractivity contribution in [2.45, 2.75) is 54.6 Å². The van der Waals surface area contributed by atoms with Gasteiger partial charge in [-0.15, -0.1) is 0 Å². The van der Waals surface area contributed by atoms with Crippen molar-refractivity contribution in [1.29, 1.82) is 0 Å². The molecule has 2 aliphatic heterocycles. The lowest BCUT2D eigenvalue weighted by Gasteiger charge is -2.38. The van der Waals surface area contributed by atoms with Gasteiger partial charge in [0.1, 0.15) is 12.2 Å². The summed E-state index contributed by atoms with van der Waals surface area (Å²) in [6.07, 6.45) is -12.5. The Labute approximate surface area is 156 Å². The van der Waals surface area contributed by atoms with Crippen molar-refractivity contribution in [1.82, 2.24) is 0 Å². The van der Waals surface area contributed by atoms with E-state index in [-0.39, 0.29) is 25.9 Å². The van der Waals surface area contributed by atoms with Crippen molar-refractivity contribution in [3.63, 3.8) is 0 Å². The van der Waals surface area contributed by atoms with Gasteiger partial charge in [-0.3, -0.25) is 0 Å². The second kappa shape index (κ2) is 7.96. The first-order valence-corrected chi connectivity index (χ1v) is 8.03. The van der Waals surface area contributed by atoms with E-state index in [0.717, 1.165) is 0 Å². The van der Waals surface area contributed by atoms with Gasteiger partial charge in [0.05, 0.1) is 39.1 Å². The molecule has 0 aromatic heterocycles. The second-order valence-electron chi connectivity index (χ2n) is 6.53. The van der Waals surface area contributed by atoms with Crippen molar-refractivity contribution in [3.8, 4) is 0 Å². The molecule has 0 aromatic rings. The van der Waals surface area contributed by atoms with E-state index < -0.39 is 61.7 Å². The van der Waals surface area contributed by atoms with E-state index in [0.29, 0.717) is 0 Å². The largest absolute Gasteiger partial charge is 0.460 e. The quantitative estimate of drug-likeness (QED) is 0.332. The summed E-state index contributed by atoms with van der Waals surface area (Å²) < 4.78 is 163. The summed E-state index contributed by atoms with van der Waals surface area (Å²) in [5, 5.41) is 0. The molecular formula is C14H15F11O4. The third-order valence-electron chi connectivity index (χ3n) is 4.02. The summed E-state index contributed by atoms with van der Waals surface area (Å²) in [5.41, 5.74) is 0. The standard InChI is InChI=1S/C14H15F11O4/c15-10(16,11(17,18)12(19,20)13(21,22)14(23,24)25)1-7(27-5-9-6-29-9)2-26-3-8-4-28-8/h7-9H,1-6H2. The van der Waals surface area contributed by atoms with Crippen LogP contribution in [-0.4, -0.2) is 81.2 Å². The zero-order chi connectivity index (χ0) is 22.3. The minimum atomic E-state index is -7.44. The van der Waals surface area contributed by atoms with Crippen molar-refractivity contribution in [2.75, 3.05) is 33.0 Å². The molecule has 3 unspecified atom stereocenters. The van der Waals surface area contributed by atoms with Crippen molar-refractivity contribution in [3.05, 3.63) is 0 Å². The average Bonchev–Trinajstić information content (AvgIpc) is 3.44. The molecule has 0 aliphatic carbocycles. The minimum Gasteiger partial charge on any atom is -0.376 e. The van der Waals surface area contributed by atoms with Gasteiger partial charge in [-0.05, 0) is 0 Å². The van der Waals surface area contributed by atoms with Crippen LogP contribution in [0, 0.1) is 0 Å². The van der Waals surface area contributed by atoms with E-state index >= 15 is 0 Å². The van der Waals surface area contributed by atoms with E-state index in [1.165, 1.54) is 0 Å². The van der Waals surface area contributed by atoms with E-state index in [2.05, 4.69) is 4.74 Å². The Morgan fingerprint density at radius 2 is 1.21 bits per heavy atom. The van der Waals surface area contributed by atoms with Gasteiger partial charge in [-0.25, -0.2) is 0 Å². The van der Waals surface area contributed by atoms with Crippen molar-refractivity contribution in [2.24, 2.45) is 0 Å². The first-order chi connectivity index (χ1) is 13.0. The Hall–Kier alpha value is -0.930. The molecule has 0 saturated carbocycles. The number of epoxide rings is 2. The topological polar surface area (TPSA) is 43.5 Å². The molecule has 172 valence electrons. The molecule has 0 spiro atoms. The third kappa shape index (κ3) is 5.22. The van der Waals surface area contributed by atoms with Gasteiger partial charge >= 0.3 is 29.9 Å². The van der Waals surface area contributed by atoms with Crippen LogP contribution in [0.25, 0.3) is 0 Å². The molecule has 29 heavy (non-hydrogen) atoms. The molecule has 3 atom stereocenters. The van der Waals surface area contributed by atoms with Crippen LogP contribution in [0.4, 0.5) is 48.3 Å². The summed E-state index contributed by atoms with van der Waals surface area (Å²) in [6.45, 7) is -1.03. The average molecular weight is 456 g/mol. The zero-order valence-electron chi connectivity index (χ0n) is 14.3. The summed E-state index contributed by atoms with van der Waals surface area (Å²) >= 11 is 0. The van der Waals surface area contributed by atoms with Gasteiger partial charge in [-0.2, -0.15) is 48.3 Å². The Bertz CT molecular complexity index is 558. The van der Waals surface area contributed by atoms with Gasteiger partial charge in [0.15, 0.2) is 0 Å². The lowest BCUT2D eigenvalue weighted by atomic mass is 9.94. The number of alkyl halides is 11. The summed E-state index contributed by atoms with van der Waals surface area (Å²) in [5.74, 6) is -27.9. The summed E-state index contributed by atoms with van der Waals surface area (Å²) in [4.78, 5) is 0. The van der Waals surface area contributed by atoms with Gasteiger partial charge in [0.2, 0.25) is 0 Å². The predicted octanol–water partition coefficient (Wildman–Crippen LogP) is 3.68. The summed E-state index contributed by atoms with van der Waals surface area (Å²) in [7, 11) is 0. The van der Waals surface area contributed by atoms with Crippen LogP contribution in [0.2, 0.25) is 0 Å². The van der Waals surface area contributed by atoms with Gasteiger partial charge in [-0.1, -0.05) is 0 Å². The maximum absolute atomic E-state index is 13.9. The number of rotatable bonds is 12. The SMILES string of the molecule is FC(F)(F)C(F)(F)C(F)(F)C(F)(F)C(F)(F)CC(COCC1CO1)OCC1CO1. The lowest BCUT2D eigenvalue weighted by molar-refractivity contribution is -0.423. The number of ether oxygens (including phenoxy) is 4. The Balaban J connectivity index is 2.13. The highest BCUT2D eigenvalue weighted by Gasteiger charge is 2.87. The molecule has 2 heterocycles. The highest BCUT2D eigenvalue weighted by atomic mass is 19.4. The monoisotopic (exact) mass is 456 g/mol. The second-order valence-corrected chi connectivity index (χ2v) is 6.53. The third-order valence-corrected chi connectivity index (χ3v) is 4.02. The first-order valence-electron chi connectivity index (χ1n) is 8.03. The van der Waals surface area contributed by atoms with E-state index in [1.54, 1.807) is 0 Å². The first kappa shape index (κ1) is 24.3. The fraction of sp³-hybridized carbons (Fsp3) is 1.00. The van der Waals surface area contributed by atoms with Crippen LogP contribution in [0.15, 0.2) is 0 Å². The van der Waals surface area contributed by atoms with Crippen LogP contribution in [-0.2, 0) is 18.9 Å². The molecule has 15 heteroatoms. The van der Waals surface area contributed by atoms with Crippen LogP contribution in [0.1, 0.15) is 6.42 Å². The smallest absolute Gasteiger partial charge is 0.376 e. The predicted molar refractivity (Wildman–Crippen MR) is 70.5 cm³/mol. The molecule has 0 bridgehead atoms. The molecule has 2 saturated heterocycles. The fourth-order valence-corrected chi connectivity index (χ4v) is 2.09. The molecule has 0 amide bonds. The molecular weight excluding hydrogens is 441 g/mol. The molecule has 0 radical (unpaired) electrons. The molecule has 2 rings (SSSR count). The number of halogens is 11. The normalized spacial score (nSPS) is 24.5. The van der Waals surface area contributed by atoms with Gasteiger partial charge in [0, 0.05) is 6.42 Å². The highest BCUT2D eigenvalue weighted by Crippen LogP contribution is 2.58. The molecule has 2 aliphatic rings. The van der Waals surface area contributed by atoms with E-state index in [1.807, 2.05) is 0 Å². The van der Waals surface area contributed by atoms with E-state index in [4.69, 9.17) is 14.2 Å². The Morgan fingerprint density at radius 3 is 1.66 bits per heavy atom. The van der Waals surface area contributed by atoms with E-state index in [9.17, 15) is 48.3 Å². The Morgan fingerprint density at radius 1 is 0.724 bits per heavy atom. The van der Waals surface area contributed by atoms with Gasteiger partial charge < -0.3 is 18.9 Å². The van der Waals surface area contributed by atoms with Crippen LogP contribution >= 0.6 is 0 Å². The lowest BCUT2D eigenvalue weighted by Crippen LogP contribution is -2.66.